The highest BCUT2D eigenvalue weighted by atomic mass is 35.5. The van der Waals surface area contributed by atoms with Crippen molar-refractivity contribution in [3.63, 3.8) is 0 Å². The van der Waals surface area contributed by atoms with Crippen LogP contribution < -0.4 is 5.32 Å². The lowest BCUT2D eigenvalue weighted by atomic mass is 9.93. The van der Waals surface area contributed by atoms with Gasteiger partial charge in [-0.3, -0.25) is 0 Å². The predicted octanol–water partition coefficient (Wildman–Crippen LogP) is 5.30. The Morgan fingerprint density at radius 2 is 1.92 bits per heavy atom. The highest BCUT2D eigenvalue weighted by molar-refractivity contribution is 6.34. The molecule has 0 saturated carbocycles. The minimum atomic E-state index is -4.70. The SMILES string of the molecule is CNc1c(C(=O)OC)cc(Cl)c(-c2cccc(C)c2C(F)(F)F)c1F. The summed E-state index contributed by atoms with van der Waals surface area (Å²) in [7, 11) is 2.44. The number of nitrogens with one attached hydrogen (secondary N) is 1. The molecule has 134 valence electrons. The molecule has 0 spiro atoms. The first-order chi connectivity index (χ1) is 11.6. The molecule has 8 heteroatoms. The van der Waals surface area contributed by atoms with Gasteiger partial charge in [0.25, 0.3) is 0 Å². The molecule has 2 aromatic carbocycles. The third-order valence-electron chi connectivity index (χ3n) is 3.70. The lowest BCUT2D eigenvalue weighted by Gasteiger charge is -2.19. The molecular formula is C17H14ClF4NO2. The van der Waals surface area contributed by atoms with Crippen LogP contribution in [0.15, 0.2) is 24.3 Å². The number of methoxy groups -OCH3 is 1. The van der Waals surface area contributed by atoms with Crippen molar-refractivity contribution in [3.8, 4) is 11.1 Å². The summed E-state index contributed by atoms with van der Waals surface area (Å²) in [6, 6.07) is 4.88. The van der Waals surface area contributed by atoms with Gasteiger partial charge in [-0.1, -0.05) is 29.8 Å². The molecule has 0 aliphatic rings. The smallest absolute Gasteiger partial charge is 0.417 e. The predicted molar refractivity (Wildman–Crippen MR) is 87.5 cm³/mol. The van der Waals surface area contributed by atoms with E-state index in [9.17, 15) is 22.4 Å². The summed E-state index contributed by atoms with van der Waals surface area (Å²) >= 11 is 6.03. The Kier molecular flexibility index (Phi) is 5.27. The van der Waals surface area contributed by atoms with E-state index in [1.807, 2.05) is 0 Å². The average Bonchev–Trinajstić information content (AvgIpc) is 2.52. The second-order valence-corrected chi connectivity index (χ2v) is 5.61. The lowest BCUT2D eigenvalue weighted by Crippen LogP contribution is -2.12. The summed E-state index contributed by atoms with van der Waals surface area (Å²) < 4.78 is 59.8. The van der Waals surface area contributed by atoms with Crippen LogP contribution in [-0.4, -0.2) is 20.1 Å². The van der Waals surface area contributed by atoms with E-state index in [0.717, 1.165) is 19.2 Å². The maximum atomic E-state index is 15.0. The molecule has 0 atom stereocenters. The summed E-state index contributed by atoms with van der Waals surface area (Å²) in [5.74, 6) is -1.93. The molecule has 1 N–H and O–H groups in total. The van der Waals surface area contributed by atoms with Crippen molar-refractivity contribution in [1.29, 1.82) is 0 Å². The van der Waals surface area contributed by atoms with E-state index < -0.39 is 34.7 Å². The Hall–Kier alpha value is -2.28. The number of rotatable bonds is 3. The molecule has 25 heavy (non-hydrogen) atoms. The molecule has 0 aromatic heterocycles. The summed E-state index contributed by atoms with van der Waals surface area (Å²) in [4.78, 5) is 11.8. The summed E-state index contributed by atoms with van der Waals surface area (Å²) in [5, 5.41) is 2.15. The number of anilines is 1. The van der Waals surface area contributed by atoms with Crippen molar-refractivity contribution < 1.29 is 27.1 Å². The molecule has 0 aliphatic carbocycles. The van der Waals surface area contributed by atoms with Crippen molar-refractivity contribution in [2.75, 3.05) is 19.5 Å². The third-order valence-corrected chi connectivity index (χ3v) is 4.00. The fourth-order valence-electron chi connectivity index (χ4n) is 2.63. The first-order valence-corrected chi connectivity index (χ1v) is 7.46. The van der Waals surface area contributed by atoms with Crippen LogP contribution in [-0.2, 0) is 10.9 Å². The number of carbonyl (C=O) groups is 1. The minimum absolute atomic E-state index is 0.0662. The summed E-state index contributed by atoms with van der Waals surface area (Å²) in [6.07, 6.45) is -4.70. The zero-order valence-corrected chi connectivity index (χ0v) is 14.3. The first-order valence-electron chi connectivity index (χ1n) is 7.08. The number of hydrogen-bond donors (Lipinski definition) is 1. The van der Waals surface area contributed by atoms with Gasteiger partial charge < -0.3 is 10.1 Å². The van der Waals surface area contributed by atoms with Gasteiger partial charge >= 0.3 is 12.1 Å². The number of benzene rings is 2. The first kappa shape index (κ1) is 19.1. The highest BCUT2D eigenvalue weighted by Gasteiger charge is 2.37. The van der Waals surface area contributed by atoms with Crippen LogP contribution >= 0.6 is 11.6 Å². The van der Waals surface area contributed by atoms with Crippen molar-refractivity contribution >= 4 is 23.3 Å². The molecule has 0 unspecified atom stereocenters. The molecule has 0 fully saturated rings. The lowest BCUT2D eigenvalue weighted by molar-refractivity contribution is -0.137. The number of aryl methyl sites for hydroxylation is 1. The van der Waals surface area contributed by atoms with Gasteiger partial charge in [0.2, 0.25) is 0 Å². The molecule has 2 aromatic rings. The fourth-order valence-corrected chi connectivity index (χ4v) is 2.93. The maximum absolute atomic E-state index is 15.0. The topological polar surface area (TPSA) is 38.3 Å². The van der Waals surface area contributed by atoms with Gasteiger partial charge in [0.1, 0.15) is 0 Å². The van der Waals surface area contributed by atoms with Crippen LogP contribution in [0.25, 0.3) is 11.1 Å². The Bertz CT molecular complexity index is 834. The average molecular weight is 376 g/mol. The molecule has 0 bridgehead atoms. The highest BCUT2D eigenvalue weighted by Crippen LogP contribution is 2.44. The number of esters is 1. The van der Waals surface area contributed by atoms with Crippen LogP contribution in [0, 0.1) is 12.7 Å². The van der Waals surface area contributed by atoms with Crippen LogP contribution in [0.5, 0.6) is 0 Å². The molecular weight excluding hydrogens is 362 g/mol. The van der Waals surface area contributed by atoms with E-state index in [1.165, 1.54) is 26.1 Å². The van der Waals surface area contributed by atoms with Crippen molar-refractivity contribution in [2.45, 2.75) is 13.1 Å². The molecule has 2 rings (SSSR count). The number of alkyl halides is 3. The summed E-state index contributed by atoms with van der Waals surface area (Å²) in [6.45, 7) is 1.28. The zero-order chi connectivity index (χ0) is 18.9. The van der Waals surface area contributed by atoms with E-state index >= 15 is 0 Å². The van der Waals surface area contributed by atoms with Gasteiger partial charge in [0, 0.05) is 12.6 Å². The molecule has 3 nitrogen and oxygen atoms in total. The summed E-state index contributed by atoms with van der Waals surface area (Å²) in [5.41, 5.74) is -2.39. The molecule has 0 heterocycles. The maximum Gasteiger partial charge on any atom is 0.417 e. The molecule has 0 saturated heterocycles. The van der Waals surface area contributed by atoms with Crippen LogP contribution in [0.1, 0.15) is 21.5 Å². The number of carbonyl (C=O) groups excluding carboxylic acids is 1. The van der Waals surface area contributed by atoms with E-state index in [4.69, 9.17) is 11.6 Å². The van der Waals surface area contributed by atoms with Gasteiger partial charge in [-0.15, -0.1) is 0 Å². The Balaban J connectivity index is 2.87. The molecule has 0 amide bonds. The number of ether oxygens (including phenoxy) is 1. The van der Waals surface area contributed by atoms with Crippen LogP contribution in [0.4, 0.5) is 23.2 Å². The van der Waals surface area contributed by atoms with Gasteiger partial charge in [-0.05, 0) is 24.1 Å². The monoisotopic (exact) mass is 375 g/mol. The minimum Gasteiger partial charge on any atom is -0.465 e. The van der Waals surface area contributed by atoms with Crippen molar-refractivity contribution in [1.82, 2.24) is 0 Å². The number of hydrogen-bond acceptors (Lipinski definition) is 3. The second kappa shape index (κ2) is 6.92. The largest absolute Gasteiger partial charge is 0.465 e. The second-order valence-electron chi connectivity index (χ2n) is 5.21. The van der Waals surface area contributed by atoms with E-state index in [1.54, 1.807) is 0 Å². The van der Waals surface area contributed by atoms with Crippen LogP contribution in [0.2, 0.25) is 5.02 Å². The third kappa shape index (κ3) is 3.42. The van der Waals surface area contributed by atoms with Crippen molar-refractivity contribution in [3.05, 3.63) is 51.8 Å². The van der Waals surface area contributed by atoms with Gasteiger partial charge in [-0.2, -0.15) is 13.2 Å². The van der Waals surface area contributed by atoms with E-state index in [-0.39, 0.29) is 21.8 Å². The van der Waals surface area contributed by atoms with Crippen molar-refractivity contribution in [2.24, 2.45) is 0 Å². The van der Waals surface area contributed by atoms with Gasteiger partial charge in [-0.25, -0.2) is 9.18 Å². The standard InChI is InChI=1S/C17H14ClF4NO2/c1-8-5-4-6-9(13(8)17(20,21)22)12-11(18)7-10(16(24)25-3)15(23-2)14(12)19/h4-7,23H,1-3H3. The van der Waals surface area contributed by atoms with E-state index in [2.05, 4.69) is 10.1 Å². The van der Waals surface area contributed by atoms with E-state index in [0.29, 0.717) is 0 Å². The van der Waals surface area contributed by atoms with Crippen LogP contribution in [0.3, 0.4) is 0 Å². The Morgan fingerprint density at radius 1 is 1.28 bits per heavy atom. The zero-order valence-electron chi connectivity index (χ0n) is 13.5. The quantitative estimate of drug-likeness (QED) is 0.584. The van der Waals surface area contributed by atoms with Gasteiger partial charge in [0.15, 0.2) is 5.82 Å². The Labute approximate surface area is 146 Å². The number of halogens is 5. The normalized spacial score (nSPS) is 11.4. The molecule has 0 radical (unpaired) electrons. The molecule has 0 aliphatic heterocycles. The Morgan fingerprint density at radius 3 is 2.44 bits per heavy atom. The van der Waals surface area contributed by atoms with Gasteiger partial charge in [0.05, 0.1) is 28.9 Å². The fraction of sp³-hybridized carbons (Fsp3) is 0.235.